The van der Waals surface area contributed by atoms with E-state index in [1.807, 2.05) is 0 Å². The summed E-state index contributed by atoms with van der Waals surface area (Å²) >= 11 is 0. The van der Waals surface area contributed by atoms with Crippen molar-refractivity contribution in [3.05, 3.63) is 24.3 Å². The normalized spacial score (nSPS) is 24.2. The molecule has 4 heteroatoms. The van der Waals surface area contributed by atoms with Crippen molar-refractivity contribution >= 4 is 11.4 Å². The third-order valence-electron chi connectivity index (χ3n) is 3.91. The first-order valence-electron chi connectivity index (χ1n) is 7.32. The number of rotatable bonds is 3. The van der Waals surface area contributed by atoms with Crippen molar-refractivity contribution in [3.8, 4) is 0 Å². The average Bonchev–Trinajstić information content (AvgIpc) is 2.50. The van der Waals surface area contributed by atoms with Crippen LogP contribution in [-0.2, 0) is 4.74 Å². The Kier molecular flexibility index (Phi) is 4.20. The van der Waals surface area contributed by atoms with Crippen molar-refractivity contribution in [2.45, 2.75) is 18.9 Å². The Labute approximate surface area is 115 Å². The van der Waals surface area contributed by atoms with Gasteiger partial charge in [0.25, 0.3) is 0 Å². The average molecular weight is 261 g/mol. The summed E-state index contributed by atoms with van der Waals surface area (Å²) in [7, 11) is 0. The van der Waals surface area contributed by atoms with Crippen molar-refractivity contribution < 1.29 is 4.74 Å². The number of anilines is 2. The molecule has 0 saturated carbocycles. The molecule has 1 atom stereocenters. The number of benzene rings is 1. The zero-order valence-electron chi connectivity index (χ0n) is 11.4. The van der Waals surface area contributed by atoms with Gasteiger partial charge in [0, 0.05) is 25.7 Å². The molecule has 2 aliphatic rings. The highest BCUT2D eigenvalue weighted by Gasteiger charge is 2.17. The van der Waals surface area contributed by atoms with Gasteiger partial charge in [-0.1, -0.05) is 12.1 Å². The first-order chi connectivity index (χ1) is 9.43. The minimum absolute atomic E-state index is 0.552. The summed E-state index contributed by atoms with van der Waals surface area (Å²) in [5.74, 6) is 0. The van der Waals surface area contributed by atoms with Crippen LogP contribution in [0, 0.1) is 0 Å². The summed E-state index contributed by atoms with van der Waals surface area (Å²) in [5.41, 5.74) is 2.58. The molecular weight excluding hydrogens is 238 g/mol. The van der Waals surface area contributed by atoms with E-state index in [4.69, 9.17) is 4.74 Å². The van der Waals surface area contributed by atoms with Gasteiger partial charge in [0.05, 0.1) is 24.6 Å². The summed E-state index contributed by atoms with van der Waals surface area (Å²) in [4.78, 5) is 2.42. The molecule has 2 fully saturated rings. The Bertz CT molecular complexity index is 398. The smallest absolute Gasteiger partial charge is 0.0642 e. The Morgan fingerprint density at radius 1 is 1.21 bits per heavy atom. The van der Waals surface area contributed by atoms with Crippen LogP contribution in [0.3, 0.4) is 0 Å². The van der Waals surface area contributed by atoms with E-state index in [1.165, 1.54) is 24.2 Å². The third-order valence-corrected chi connectivity index (χ3v) is 3.91. The number of nitrogens with one attached hydrogen (secondary N) is 2. The van der Waals surface area contributed by atoms with Crippen LogP contribution < -0.4 is 15.5 Å². The van der Waals surface area contributed by atoms with E-state index in [9.17, 15) is 0 Å². The molecule has 0 unspecified atom stereocenters. The van der Waals surface area contributed by atoms with Gasteiger partial charge in [0.1, 0.15) is 0 Å². The molecule has 4 nitrogen and oxygen atoms in total. The van der Waals surface area contributed by atoms with Gasteiger partial charge in [-0.2, -0.15) is 0 Å². The second-order valence-corrected chi connectivity index (χ2v) is 5.30. The van der Waals surface area contributed by atoms with Crippen LogP contribution in [0.25, 0.3) is 0 Å². The van der Waals surface area contributed by atoms with E-state index >= 15 is 0 Å². The largest absolute Gasteiger partial charge is 0.379 e. The number of morpholine rings is 1. The number of nitrogens with zero attached hydrogens (tertiary/aromatic N) is 1. The van der Waals surface area contributed by atoms with E-state index in [0.717, 1.165) is 39.4 Å². The van der Waals surface area contributed by atoms with Gasteiger partial charge in [0.15, 0.2) is 0 Å². The molecule has 2 saturated heterocycles. The number of para-hydroxylation sites is 2. The summed E-state index contributed by atoms with van der Waals surface area (Å²) in [6.07, 6.45) is 2.52. The Morgan fingerprint density at radius 2 is 2.05 bits per heavy atom. The summed E-state index contributed by atoms with van der Waals surface area (Å²) in [5, 5.41) is 7.16. The monoisotopic (exact) mass is 261 g/mol. The molecular formula is C15H23N3O. The minimum atomic E-state index is 0.552. The molecule has 0 amide bonds. The molecule has 3 rings (SSSR count). The van der Waals surface area contributed by atoms with Crippen molar-refractivity contribution in [1.29, 1.82) is 0 Å². The lowest BCUT2D eigenvalue weighted by atomic mass is 10.1. The van der Waals surface area contributed by atoms with Crippen LogP contribution in [0.2, 0.25) is 0 Å². The molecule has 2 aliphatic heterocycles. The molecule has 104 valence electrons. The number of hydrogen-bond donors (Lipinski definition) is 2. The molecule has 0 aliphatic carbocycles. The summed E-state index contributed by atoms with van der Waals surface area (Å²) in [6.45, 7) is 5.86. The fourth-order valence-electron chi connectivity index (χ4n) is 2.87. The molecule has 0 spiro atoms. The zero-order chi connectivity index (χ0) is 12.9. The SMILES string of the molecule is c1ccc(N2CCOCC2)c(N[C@@H]2CCCNC2)c1. The first kappa shape index (κ1) is 12.8. The second kappa shape index (κ2) is 6.26. The molecule has 0 aromatic heterocycles. The van der Waals surface area contributed by atoms with Crippen LogP contribution in [-0.4, -0.2) is 45.4 Å². The van der Waals surface area contributed by atoms with Gasteiger partial charge >= 0.3 is 0 Å². The highest BCUT2D eigenvalue weighted by atomic mass is 16.5. The van der Waals surface area contributed by atoms with E-state index < -0.39 is 0 Å². The Hall–Kier alpha value is -1.26. The van der Waals surface area contributed by atoms with Crippen molar-refractivity contribution in [1.82, 2.24) is 5.32 Å². The number of ether oxygens (including phenoxy) is 1. The van der Waals surface area contributed by atoms with E-state index in [2.05, 4.69) is 39.8 Å². The lowest BCUT2D eigenvalue weighted by Gasteiger charge is -2.32. The van der Waals surface area contributed by atoms with Crippen LogP contribution >= 0.6 is 0 Å². The maximum absolute atomic E-state index is 5.44. The van der Waals surface area contributed by atoms with Crippen LogP contribution in [0.15, 0.2) is 24.3 Å². The molecule has 0 radical (unpaired) electrons. The highest BCUT2D eigenvalue weighted by molar-refractivity contribution is 5.70. The summed E-state index contributed by atoms with van der Waals surface area (Å²) in [6, 6.07) is 9.19. The molecule has 1 aromatic carbocycles. The predicted molar refractivity (Wildman–Crippen MR) is 79.0 cm³/mol. The molecule has 2 heterocycles. The number of piperidine rings is 1. The third kappa shape index (κ3) is 3.19. The van der Waals surface area contributed by atoms with Gasteiger partial charge < -0.3 is 20.3 Å². The van der Waals surface area contributed by atoms with E-state index in [-0.39, 0.29) is 0 Å². The predicted octanol–water partition coefficient (Wildman–Crippen LogP) is 1.69. The van der Waals surface area contributed by atoms with E-state index in [0.29, 0.717) is 6.04 Å². The standard InChI is InChI=1S/C15H23N3O/c1-2-6-15(18-8-10-19-11-9-18)14(5-1)17-13-4-3-7-16-12-13/h1-2,5-6,13,16-17H,3-4,7-12H2/t13-/m1/s1. The summed E-state index contributed by atoms with van der Waals surface area (Å²) < 4.78 is 5.44. The zero-order valence-corrected chi connectivity index (χ0v) is 11.4. The maximum Gasteiger partial charge on any atom is 0.0642 e. The van der Waals surface area contributed by atoms with Gasteiger partial charge in [-0.3, -0.25) is 0 Å². The van der Waals surface area contributed by atoms with Gasteiger partial charge in [-0.05, 0) is 31.5 Å². The number of hydrogen-bond acceptors (Lipinski definition) is 4. The molecule has 1 aromatic rings. The van der Waals surface area contributed by atoms with Crippen molar-refractivity contribution in [3.63, 3.8) is 0 Å². The molecule has 19 heavy (non-hydrogen) atoms. The van der Waals surface area contributed by atoms with Crippen LogP contribution in [0.1, 0.15) is 12.8 Å². The maximum atomic E-state index is 5.44. The lowest BCUT2D eigenvalue weighted by molar-refractivity contribution is 0.123. The quantitative estimate of drug-likeness (QED) is 0.868. The van der Waals surface area contributed by atoms with Gasteiger partial charge in [0.2, 0.25) is 0 Å². The molecule has 2 N–H and O–H groups in total. The van der Waals surface area contributed by atoms with Crippen LogP contribution in [0.4, 0.5) is 11.4 Å². The van der Waals surface area contributed by atoms with Crippen molar-refractivity contribution in [2.24, 2.45) is 0 Å². The van der Waals surface area contributed by atoms with Crippen LogP contribution in [0.5, 0.6) is 0 Å². The molecule has 0 bridgehead atoms. The second-order valence-electron chi connectivity index (χ2n) is 5.30. The van der Waals surface area contributed by atoms with Crippen molar-refractivity contribution in [2.75, 3.05) is 49.6 Å². The Morgan fingerprint density at radius 3 is 2.84 bits per heavy atom. The fraction of sp³-hybridized carbons (Fsp3) is 0.600. The highest BCUT2D eigenvalue weighted by Crippen LogP contribution is 2.27. The van der Waals surface area contributed by atoms with E-state index in [1.54, 1.807) is 0 Å². The first-order valence-corrected chi connectivity index (χ1v) is 7.32. The van der Waals surface area contributed by atoms with Gasteiger partial charge in [-0.15, -0.1) is 0 Å². The fourth-order valence-corrected chi connectivity index (χ4v) is 2.87. The Balaban J connectivity index is 1.72. The van der Waals surface area contributed by atoms with Gasteiger partial charge in [-0.25, -0.2) is 0 Å². The minimum Gasteiger partial charge on any atom is -0.379 e. The lowest BCUT2D eigenvalue weighted by Crippen LogP contribution is -2.40. The topological polar surface area (TPSA) is 36.5 Å².